The number of hydrogen-bond acceptors (Lipinski definition) is 9. The van der Waals surface area contributed by atoms with Crippen LogP contribution in [-0.2, 0) is 16.6 Å². The molecule has 0 unspecified atom stereocenters. The zero-order valence-corrected chi connectivity index (χ0v) is 24.8. The van der Waals surface area contributed by atoms with Crippen molar-refractivity contribution in [2.45, 2.75) is 44.4 Å². The lowest BCUT2D eigenvalue weighted by molar-refractivity contribution is -0.121. The third-order valence-electron chi connectivity index (χ3n) is 8.53. The van der Waals surface area contributed by atoms with E-state index in [-0.39, 0.29) is 18.1 Å². The third-order valence-corrected chi connectivity index (χ3v) is 8.53. The average Bonchev–Trinajstić information content (AvgIpc) is 3.71. The fourth-order valence-electron chi connectivity index (χ4n) is 6.25. The maximum Gasteiger partial charge on any atom is 0.256 e. The molecular weight excluding hydrogens is 534 g/mol. The first-order valence-corrected chi connectivity index (χ1v) is 14.4. The van der Waals surface area contributed by atoms with Gasteiger partial charge in [0.15, 0.2) is 0 Å². The lowest BCUT2D eigenvalue weighted by Crippen LogP contribution is -2.49. The molecule has 0 saturated carbocycles. The molecule has 0 bridgehead atoms. The summed E-state index contributed by atoms with van der Waals surface area (Å²) in [5, 5.41) is 11.7. The summed E-state index contributed by atoms with van der Waals surface area (Å²) in [5.74, 6) is 0.903. The molecule has 4 aromatic rings. The minimum absolute atomic E-state index is 0.00671. The fraction of sp³-hybridized carbons (Fsp3) is 0.467. The number of ether oxygens (including phenoxy) is 2. The maximum absolute atomic E-state index is 13.8. The molecule has 3 N–H and O–H groups in total. The molecule has 12 nitrogen and oxygen atoms in total. The Morgan fingerprint density at radius 2 is 1.95 bits per heavy atom. The predicted molar refractivity (Wildman–Crippen MR) is 162 cm³/mol. The number of nitrogens with one attached hydrogen (secondary N) is 3. The second-order valence-electron chi connectivity index (χ2n) is 11.3. The number of amides is 1. The molecule has 42 heavy (non-hydrogen) atoms. The predicted octanol–water partition coefficient (Wildman–Crippen LogP) is 3.54. The highest BCUT2D eigenvalue weighted by Crippen LogP contribution is 2.35. The molecule has 1 amide bonds. The normalized spacial score (nSPS) is 20.3. The Kier molecular flexibility index (Phi) is 7.84. The summed E-state index contributed by atoms with van der Waals surface area (Å²) in [4.78, 5) is 31.2. The summed E-state index contributed by atoms with van der Waals surface area (Å²) in [5.41, 5.74) is 4.93. The third kappa shape index (κ3) is 5.44. The van der Waals surface area contributed by atoms with E-state index in [4.69, 9.17) is 14.5 Å². The Balaban J connectivity index is 1.25. The number of aryl methyl sites for hydroxylation is 2. The number of benzene rings is 1. The lowest BCUT2D eigenvalue weighted by Gasteiger charge is -2.37. The molecule has 2 saturated heterocycles. The van der Waals surface area contributed by atoms with Gasteiger partial charge < -0.3 is 30.0 Å². The van der Waals surface area contributed by atoms with Crippen LogP contribution in [0.3, 0.4) is 0 Å². The van der Waals surface area contributed by atoms with Crippen molar-refractivity contribution in [3.8, 4) is 17.1 Å². The number of carbonyl (C=O) groups excluding carboxylic acids is 1. The quantitative estimate of drug-likeness (QED) is 0.290. The minimum Gasteiger partial charge on any atom is -0.478 e. The Morgan fingerprint density at radius 1 is 1.14 bits per heavy atom. The van der Waals surface area contributed by atoms with E-state index < -0.39 is 0 Å². The molecule has 12 heteroatoms. The summed E-state index contributed by atoms with van der Waals surface area (Å²) in [7, 11) is 7.30. The van der Waals surface area contributed by atoms with E-state index in [1.807, 2.05) is 44.6 Å². The number of carbonyl (C=O) groups is 1. The van der Waals surface area contributed by atoms with Crippen molar-refractivity contribution in [3.63, 3.8) is 0 Å². The zero-order chi connectivity index (χ0) is 29.4. The minimum atomic E-state index is -0.227. The van der Waals surface area contributed by atoms with Gasteiger partial charge in [0, 0.05) is 50.1 Å². The summed E-state index contributed by atoms with van der Waals surface area (Å²) in [6, 6.07) is 6.11. The number of nitrogens with zero attached hydrogens (tertiary/aromatic N) is 6. The van der Waals surface area contributed by atoms with Gasteiger partial charge >= 0.3 is 0 Å². The highest BCUT2D eigenvalue weighted by atomic mass is 16.5. The summed E-state index contributed by atoms with van der Waals surface area (Å²) >= 11 is 0. The first-order chi connectivity index (χ1) is 20.3. The molecule has 5 heterocycles. The number of H-pyrrole nitrogens is 1. The van der Waals surface area contributed by atoms with Crippen molar-refractivity contribution in [1.29, 1.82) is 0 Å². The number of rotatable bonds is 8. The number of methoxy groups -OCH3 is 2. The van der Waals surface area contributed by atoms with Gasteiger partial charge in [-0.1, -0.05) is 12.1 Å². The monoisotopic (exact) mass is 573 g/mol. The van der Waals surface area contributed by atoms with Crippen LogP contribution in [0.4, 0.5) is 17.3 Å². The number of piperidine rings is 1. The molecule has 2 aliphatic rings. The molecule has 2 atom stereocenters. The standard InChI is InChI=1S/C30H39N9O3/c1-18-14-32-30(34-24-17-38(3)36-29(24)42-5)35-26(18)22-15-31-27-21(22)7-6-8-23(27)33-28(40)25-13-20(41-4)16-39(25)19-9-11-37(2)12-10-19/h6-8,14-15,17,19-20,25,31H,9-13,16H2,1-5H3,(H,33,40)(H,32,34,35)/t20-,25+/m0/s1. The van der Waals surface area contributed by atoms with Gasteiger partial charge in [0.05, 0.1) is 42.4 Å². The van der Waals surface area contributed by atoms with Gasteiger partial charge in [-0.05, 0) is 58.0 Å². The van der Waals surface area contributed by atoms with E-state index >= 15 is 0 Å². The Labute approximate surface area is 245 Å². The fourth-order valence-corrected chi connectivity index (χ4v) is 6.25. The summed E-state index contributed by atoms with van der Waals surface area (Å²) in [6.07, 6.45) is 8.42. The average molecular weight is 574 g/mol. The molecule has 1 aromatic carbocycles. The lowest BCUT2D eigenvalue weighted by atomic mass is 10.0. The molecule has 0 spiro atoms. The van der Waals surface area contributed by atoms with Crippen LogP contribution in [0.1, 0.15) is 24.8 Å². The summed E-state index contributed by atoms with van der Waals surface area (Å²) < 4.78 is 12.7. The molecule has 2 aliphatic heterocycles. The van der Waals surface area contributed by atoms with E-state index in [0.717, 1.165) is 65.9 Å². The van der Waals surface area contributed by atoms with Crippen LogP contribution in [0.25, 0.3) is 22.2 Å². The Hall–Kier alpha value is -4.00. The number of likely N-dealkylation sites (tertiary alicyclic amines) is 2. The van der Waals surface area contributed by atoms with Crippen molar-refractivity contribution in [2.24, 2.45) is 7.05 Å². The first kappa shape index (κ1) is 28.1. The van der Waals surface area contributed by atoms with Crippen molar-refractivity contribution >= 4 is 34.1 Å². The Bertz CT molecular complexity index is 1570. The maximum atomic E-state index is 13.8. The van der Waals surface area contributed by atoms with Gasteiger partial charge in [-0.25, -0.2) is 9.97 Å². The van der Waals surface area contributed by atoms with Crippen molar-refractivity contribution < 1.29 is 14.3 Å². The first-order valence-electron chi connectivity index (χ1n) is 14.4. The van der Waals surface area contributed by atoms with Gasteiger partial charge in [0.1, 0.15) is 5.69 Å². The summed E-state index contributed by atoms with van der Waals surface area (Å²) in [6.45, 7) is 4.87. The van der Waals surface area contributed by atoms with Gasteiger partial charge in [-0.15, -0.1) is 5.10 Å². The Morgan fingerprint density at radius 3 is 2.71 bits per heavy atom. The highest BCUT2D eigenvalue weighted by Gasteiger charge is 2.41. The second kappa shape index (κ2) is 11.7. The van der Waals surface area contributed by atoms with Crippen molar-refractivity contribution in [1.82, 2.24) is 34.5 Å². The van der Waals surface area contributed by atoms with E-state index in [1.165, 1.54) is 0 Å². The van der Waals surface area contributed by atoms with Crippen LogP contribution in [0, 0.1) is 6.92 Å². The molecule has 3 aromatic heterocycles. The van der Waals surface area contributed by atoms with Crippen LogP contribution < -0.4 is 15.4 Å². The van der Waals surface area contributed by atoms with E-state index in [1.54, 1.807) is 25.1 Å². The SMILES string of the molecule is COc1nn(C)cc1Nc1ncc(C)c(-c2c[nH]c3c(NC(=O)[C@H]4C[C@H](OC)CN4C4CCN(C)CC4)cccc23)n1. The smallest absolute Gasteiger partial charge is 0.256 e. The number of fused-ring (bicyclic) bond motifs is 1. The van der Waals surface area contributed by atoms with Crippen LogP contribution in [0.5, 0.6) is 5.88 Å². The number of aromatic amines is 1. The number of aromatic nitrogens is 5. The van der Waals surface area contributed by atoms with E-state index in [0.29, 0.717) is 30.0 Å². The molecule has 0 aliphatic carbocycles. The number of anilines is 3. The topological polar surface area (TPSA) is 125 Å². The van der Waals surface area contributed by atoms with E-state index in [2.05, 4.69) is 42.5 Å². The molecule has 2 fully saturated rings. The van der Waals surface area contributed by atoms with Gasteiger partial charge in [-0.3, -0.25) is 14.4 Å². The number of para-hydroxylation sites is 1. The zero-order valence-electron chi connectivity index (χ0n) is 24.8. The molecule has 0 radical (unpaired) electrons. The van der Waals surface area contributed by atoms with Crippen molar-refractivity contribution in [3.05, 3.63) is 42.4 Å². The molecule has 6 rings (SSSR count). The largest absolute Gasteiger partial charge is 0.478 e. The van der Waals surface area contributed by atoms with Crippen LogP contribution in [0.15, 0.2) is 36.8 Å². The van der Waals surface area contributed by atoms with Crippen LogP contribution >= 0.6 is 0 Å². The highest BCUT2D eigenvalue weighted by molar-refractivity contribution is 6.06. The van der Waals surface area contributed by atoms with Crippen LogP contribution in [-0.4, -0.2) is 99.5 Å². The molecular formula is C30H39N9O3. The van der Waals surface area contributed by atoms with Crippen LogP contribution in [0.2, 0.25) is 0 Å². The van der Waals surface area contributed by atoms with Gasteiger partial charge in [0.25, 0.3) is 5.88 Å². The molecule has 222 valence electrons. The second-order valence-corrected chi connectivity index (χ2v) is 11.3. The number of hydrogen-bond donors (Lipinski definition) is 3. The van der Waals surface area contributed by atoms with Gasteiger partial charge in [-0.2, -0.15) is 0 Å². The van der Waals surface area contributed by atoms with Crippen molar-refractivity contribution in [2.75, 3.05) is 51.5 Å². The van der Waals surface area contributed by atoms with E-state index in [9.17, 15) is 4.79 Å². The van der Waals surface area contributed by atoms with Gasteiger partial charge in [0.2, 0.25) is 11.9 Å².